The highest BCUT2D eigenvalue weighted by Gasteiger charge is 2.01. The van der Waals surface area contributed by atoms with Crippen molar-refractivity contribution in [1.29, 1.82) is 0 Å². The lowest BCUT2D eigenvalue weighted by atomic mass is 10.5. The fourth-order valence-electron chi connectivity index (χ4n) is 2.73. The summed E-state index contributed by atoms with van der Waals surface area (Å²) >= 11 is 0. The summed E-state index contributed by atoms with van der Waals surface area (Å²) in [4.78, 5) is 11.1. The van der Waals surface area contributed by atoms with E-state index in [0.717, 1.165) is 0 Å². The van der Waals surface area contributed by atoms with Gasteiger partial charge in [-0.15, -0.1) is 0 Å². The van der Waals surface area contributed by atoms with Crippen LogP contribution in [-0.2, 0) is 61.6 Å². The Morgan fingerprint density at radius 3 is 0.775 bits per heavy atom. The quantitative estimate of drug-likeness (QED) is 0.0779. The van der Waals surface area contributed by atoms with Crippen molar-refractivity contribution in [3.63, 3.8) is 0 Å². The van der Waals surface area contributed by atoms with Gasteiger partial charge in [0.25, 0.3) is 0 Å². The summed E-state index contributed by atoms with van der Waals surface area (Å²) in [5, 5.41) is 0. The minimum Gasteiger partial charge on any atom is -0.466 e. The summed E-state index contributed by atoms with van der Waals surface area (Å²) in [6.45, 7) is 15.5. The van der Waals surface area contributed by atoms with Crippen LogP contribution < -0.4 is 0 Å². The molecule has 240 valence electrons. The lowest BCUT2D eigenvalue weighted by Crippen LogP contribution is -2.15. The van der Waals surface area contributed by atoms with Gasteiger partial charge in [-0.1, -0.05) is 0 Å². The summed E-state index contributed by atoms with van der Waals surface area (Å²) in [6, 6.07) is 0. The Hall–Kier alpha value is -0.970. The number of carbonyl (C=O) groups is 1. The first kappa shape index (κ1) is 39.0. The Labute approximate surface area is 240 Å². The molecule has 0 aliphatic heterocycles. The molecule has 13 nitrogen and oxygen atoms in total. The Balaban J connectivity index is 3.04. The molecule has 0 saturated heterocycles. The zero-order valence-corrected chi connectivity index (χ0v) is 24.8. The number of carbonyl (C=O) groups excluding carboxylic acids is 1. The summed E-state index contributed by atoms with van der Waals surface area (Å²) < 4.78 is 64.1. The summed E-state index contributed by atoms with van der Waals surface area (Å²) in [5.41, 5.74) is 0. The van der Waals surface area contributed by atoms with Crippen LogP contribution in [0, 0.1) is 0 Å². The smallest absolute Gasteiger partial charge is 0.308 e. The molecular formula is C27H54O13. The van der Waals surface area contributed by atoms with Gasteiger partial charge in [0.1, 0.15) is 0 Å². The topological polar surface area (TPSA) is 128 Å². The van der Waals surface area contributed by atoms with Crippen LogP contribution in [0.25, 0.3) is 0 Å². The minimum atomic E-state index is -0.249. The van der Waals surface area contributed by atoms with E-state index >= 15 is 0 Å². The van der Waals surface area contributed by atoms with Crippen LogP contribution in [0.1, 0.15) is 20.3 Å². The van der Waals surface area contributed by atoms with Crippen LogP contribution in [0.2, 0.25) is 0 Å². The monoisotopic (exact) mass is 586 g/mol. The highest BCUT2D eigenvalue weighted by molar-refractivity contribution is 5.69. The van der Waals surface area contributed by atoms with Crippen molar-refractivity contribution in [2.75, 3.05) is 152 Å². The van der Waals surface area contributed by atoms with Gasteiger partial charge in [-0.2, -0.15) is 0 Å². The van der Waals surface area contributed by atoms with Gasteiger partial charge in [0, 0.05) is 6.61 Å². The minimum absolute atomic E-state index is 0.249. The van der Waals surface area contributed by atoms with Gasteiger partial charge >= 0.3 is 5.97 Å². The molecule has 0 fully saturated rings. The molecule has 0 aromatic heterocycles. The van der Waals surface area contributed by atoms with E-state index in [0.29, 0.717) is 152 Å². The number of esters is 1. The molecule has 0 unspecified atom stereocenters. The third-order valence-corrected chi connectivity index (χ3v) is 4.68. The molecule has 40 heavy (non-hydrogen) atoms. The molecule has 0 rings (SSSR count). The molecule has 0 heterocycles. The van der Waals surface area contributed by atoms with Crippen LogP contribution >= 0.6 is 0 Å². The van der Waals surface area contributed by atoms with E-state index in [9.17, 15) is 4.79 Å². The lowest BCUT2D eigenvalue weighted by molar-refractivity contribution is -0.144. The number of ether oxygens (including phenoxy) is 12. The van der Waals surface area contributed by atoms with Crippen LogP contribution in [0.4, 0.5) is 0 Å². The highest BCUT2D eigenvalue weighted by atomic mass is 16.6. The molecule has 0 bridgehead atoms. The molecular weight excluding hydrogens is 532 g/mol. The van der Waals surface area contributed by atoms with Crippen molar-refractivity contribution in [3.05, 3.63) is 0 Å². The molecule has 0 amide bonds. The summed E-state index contributed by atoms with van der Waals surface area (Å²) in [5.74, 6) is -0.249. The third kappa shape index (κ3) is 35.1. The molecule has 0 saturated carbocycles. The molecule has 0 N–H and O–H groups in total. The van der Waals surface area contributed by atoms with Crippen molar-refractivity contribution in [3.8, 4) is 0 Å². The van der Waals surface area contributed by atoms with Gasteiger partial charge in [-0.25, -0.2) is 0 Å². The first-order chi connectivity index (χ1) is 19.8. The Morgan fingerprint density at radius 1 is 0.325 bits per heavy atom. The largest absolute Gasteiger partial charge is 0.466 e. The molecule has 0 aliphatic rings. The molecule has 0 radical (unpaired) electrons. The van der Waals surface area contributed by atoms with Gasteiger partial charge in [-0.05, 0) is 13.8 Å². The Bertz CT molecular complexity index is 485. The van der Waals surface area contributed by atoms with E-state index in [4.69, 9.17) is 56.8 Å². The maximum Gasteiger partial charge on any atom is 0.308 e. The molecule has 0 aromatic carbocycles. The van der Waals surface area contributed by atoms with E-state index in [1.807, 2.05) is 6.92 Å². The average molecular weight is 587 g/mol. The number of rotatable bonds is 35. The summed E-state index contributed by atoms with van der Waals surface area (Å²) in [7, 11) is 0. The lowest BCUT2D eigenvalue weighted by Gasteiger charge is -2.09. The van der Waals surface area contributed by atoms with Crippen molar-refractivity contribution in [2.45, 2.75) is 20.3 Å². The van der Waals surface area contributed by atoms with Crippen molar-refractivity contribution < 1.29 is 61.6 Å². The van der Waals surface area contributed by atoms with Crippen LogP contribution in [0.5, 0.6) is 0 Å². The zero-order chi connectivity index (χ0) is 29.0. The first-order valence-corrected chi connectivity index (χ1v) is 14.3. The van der Waals surface area contributed by atoms with Crippen LogP contribution in [-0.4, -0.2) is 158 Å². The van der Waals surface area contributed by atoms with Gasteiger partial charge in [-0.3, -0.25) is 4.79 Å². The predicted molar refractivity (Wildman–Crippen MR) is 146 cm³/mol. The van der Waals surface area contributed by atoms with E-state index in [-0.39, 0.29) is 12.4 Å². The zero-order valence-electron chi connectivity index (χ0n) is 24.8. The molecule has 13 heteroatoms. The van der Waals surface area contributed by atoms with E-state index in [1.165, 1.54) is 0 Å². The fourth-order valence-corrected chi connectivity index (χ4v) is 2.73. The first-order valence-electron chi connectivity index (χ1n) is 14.3. The van der Waals surface area contributed by atoms with Crippen LogP contribution in [0.3, 0.4) is 0 Å². The van der Waals surface area contributed by atoms with E-state index in [1.54, 1.807) is 6.92 Å². The summed E-state index contributed by atoms with van der Waals surface area (Å²) in [6.07, 6.45) is 0.258. The average Bonchev–Trinajstić information content (AvgIpc) is 2.95. The highest BCUT2D eigenvalue weighted by Crippen LogP contribution is 1.89. The number of hydrogen-bond acceptors (Lipinski definition) is 13. The molecule has 0 aromatic rings. The predicted octanol–water partition coefficient (Wildman–Crippen LogP) is 1.14. The van der Waals surface area contributed by atoms with Crippen LogP contribution in [0.15, 0.2) is 0 Å². The standard InChI is InChI=1S/C27H54O13/c1-3-29-7-8-31-11-12-33-15-16-35-19-20-37-23-24-39-26-25-38-22-21-36-18-17-34-14-13-32-10-9-30-6-5-27(28)40-4-2/h3-26H2,1-2H3. The normalized spacial score (nSPS) is 11.3. The fraction of sp³-hybridized carbons (Fsp3) is 0.963. The van der Waals surface area contributed by atoms with Crippen molar-refractivity contribution in [1.82, 2.24) is 0 Å². The second-order valence-corrected chi connectivity index (χ2v) is 7.88. The van der Waals surface area contributed by atoms with Gasteiger partial charge in [0.15, 0.2) is 0 Å². The van der Waals surface area contributed by atoms with E-state index in [2.05, 4.69) is 0 Å². The Kier molecular flexibility index (Phi) is 35.2. The maximum absolute atomic E-state index is 11.1. The molecule has 0 atom stereocenters. The van der Waals surface area contributed by atoms with E-state index < -0.39 is 0 Å². The Morgan fingerprint density at radius 2 is 0.550 bits per heavy atom. The van der Waals surface area contributed by atoms with Gasteiger partial charge in [0.05, 0.1) is 152 Å². The second-order valence-electron chi connectivity index (χ2n) is 7.88. The number of hydrogen-bond donors (Lipinski definition) is 0. The van der Waals surface area contributed by atoms with Crippen molar-refractivity contribution in [2.24, 2.45) is 0 Å². The van der Waals surface area contributed by atoms with Gasteiger partial charge in [0.2, 0.25) is 0 Å². The SMILES string of the molecule is CCOCCOCCOCCOCCOCCOCCOCCOCCOCCOCCOCCC(=O)OCC. The van der Waals surface area contributed by atoms with Crippen molar-refractivity contribution >= 4 is 5.97 Å². The third-order valence-electron chi connectivity index (χ3n) is 4.68. The maximum atomic E-state index is 11.1. The molecule has 0 spiro atoms. The van der Waals surface area contributed by atoms with Gasteiger partial charge < -0.3 is 56.8 Å². The second kappa shape index (κ2) is 36.1. The molecule has 0 aliphatic carbocycles.